The molecule has 0 amide bonds. The minimum absolute atomic E-state index is 0.0320. The van der Waals surface area contributed by atoms with Crippen LogP contribution in [0.25, 0.3) is 55.4 Å². The summed E-state index contributed by atoms with van der Waals surface area (Å²) in [6.45, 7) is -0.833. The molecule has 218 valence electrons. The van der Waals surface area contributed by atoms with Gasteiger partial charge in [-0.2, -0.15) is 13.2 Å². The molecule has 2 heterocycles. The fraction of sp³-hybridized carbons (Fsp3) is 0.237. The first-order valence-corrected chi connectivity index (χ1v) is 13.5. The molecule has 0 radical (unpaired) electrons. The average molecular weight is 589 g/mol. The van der Waals surface area contributed by atoms with E-state index < -0.39 is 55.2 Å². The lowest BCUT2D eigenvalue weighted by Crippen LogP contribution is -2.12. The Morgan fingerprint density at radius 1 is 0.791 bits per heavy atom. The zero-order valence-corrected chi connectivity index (χ0v) is 23.6. The van der Waals surface area contributed by atoms with Gasteiger partial charge < -0.3 is 4.42 Å². The van der Waals surface area contributed by atoms with Crippen LogP contribution in [-0.2, 0) is 12.7 Å². The highest BCUT2D eigenvalue weighted by Crippen LogP contribution is 2.43. The largest absolute Gasteiger partial charge is 0.455 e. The van der Waals surface area contributed by atoms with Crippen molar-refractivity contribution < 1.29 is 32.7 Å². The summed E-state index contributed by atoms with van der Waals surface area (Å²) in [6.07, 6.45) is -10.0. The summed E-state index contributed by atoms with van der Waals surface area (Å²) in [5.41, 5.74) is -2.31. The van der Waals surface area contributed by atoms with Gasteiger partial charge in [0.25, 0.3) is 0 Å². The maximum Gasteiger partial charge on any atom is 0.393 e. The zero-order chi connectivity index (χ0) is 40.0. The van der Waals surface area contributed by atoms with E-state index in [9.17, 15) is 13.2 Å². The van der Waals surface area contributed by atoms with Gasteiger partial charge in [-0.15, -0.1) is 0 Å². The van der Waals surface area contributed by atoms with Crippen molar-refractivity contribution in [1.29, 1.82) is 0 Å². The first-order chi connectivity index (χ1) is 24.8. The number of para-hydroxylation sites is 1. The van der Waals surface area contributed by atoms with Crippen molar-refractivity contribution >= 4 is 21.9 Å². The summed E-state index contributed by atoms with van der Waals surface area (Å²) < 4.78 is 141. The third-order valence-corrected chi connectivity index (χ3v) is 6.92. The predicted molar refractivity (Wildman–Crippen MR) is 170 cm³/mol. The van der Waals surface area contributed by atoms with Gasteiger partial charge in [-0.05, 0) is 76.6 Å². The summed E-state index contributed by atoms with van der Waals surface area (Å²) in [4.78, 5) is 4.41. The van der Waals surface area contributed by atoms with Gasteiger partial charge in [-0.3, -0.25) is 4.98 Å². The Morgan fingerprint density at radius 2 is 1.56 bits per heavy atom. The van der Waals surface area contributed by atoms with Crippen LogP contribution in [0.1, 0.15) is 58.1 Å². The molecule has 0 aliphatic rings. The number of hydrogen-bond acceptors (Lipinski definition) is 2. The molecule has 0 spiro atoms. The molecule has 6 aromatic rings. The molecular formula is C38H34F3NO. The third kappa shape index (κ3) is 5.81. The van der Waals surface area contributed by atoms with E-state index in [1.807, 2.05) is 0 Å². The van der Waals surface area contributed by atoms with E-state index in [0.717, 1.165) is 18.3 Å². The Bertz CT molecular complexity index is 2410. The molecule has 4 aromatic carbocycles. The summed E-state index contributed by atoms with van der Waals surface area (Å²) in [6, 6.07) is 18.5. The number of halogens is 3. The lowest BCUT2D eigenvalue weighted by molar-refractivity contribution is -0.127. The minimum Gasteiger partial charge on any atom is -0.455 e. The number of hydrogen-bond donors (Lipinski definition) is 0. The average Bonchev–Trinajstić information content (AvgIpc) is 3.45. The van der Waals surface area contributed by atoms with E-state index >= 15 is 0 Å². The molecule has 5 heteroatoms. The van der Waals surface area contributed by atoms with Crippen LogP contribution in [0, 0.1) is 19.1 Å². The number of pyridine rings is 1. The van der Waals surface area contributed by atoms with E-state index in [1.165, 1.54) is 18.2 Å². The molecule has 0 unspecified atom stereocenters. The van der Waals surface area contributed by atoms with Crippen molar-refractivity contribution in [3.8, 4) is 33.5 Å². The standard InChI is InChI=1S/C38H34F3NO/c1-23-18-25(20-37(3,4)5)14-16-28(23)32-19-33(42-22-24(32)2)31-13-9-12-29-30-17-15-27(21-38(39,40)41)34(36(30)43-35(29)31)26-10-7-6-8-11-26/h6-19,22H,20-21H2,1-5H3/i1D3,2D3,16D,20D2,21D2. The number of furan rings is 1. The number of aromatic nitrogens is 1. The van der Waals surface area contributed by atoms with Crippen molar-refractivity contribution in [2.75, 3.05) is 0 Å². The number of nitrogens with zero attached hydrogens (tertiary/aromatic N) is 1. The Morgan fingerprint density at radius 3 is 2.28 bits per heavy atom. The SMILES string of the molecule is [2H]c1cc(C([2H])([2H])C(C)(C)C)cc(C([2H])([2H])[2H])c1-c1cc(-c2cccc3c2oc2c(-c4ccccc4)c(C([2H])([2H])C(F)(F)F)ccc23)ncc1C([2H])([2H])[2H]. The van der Waals surface area contributed by atoms with Gasteiger partial charge in [0.15, 0.2) is 0 Å². The fourth-order valence-electron chi connectivity index (χ4n) is 5.25. The number of aryl methyl sites for hydroxylation is 2. The highest BCUT2D eigenvalue weighted by atomic mass is 19.4. The van der Waals surface area contributed by atoms with Crippen LogP contribution in [0.4, 0.5) is 13.2 Å². The maximum absolute atomic E-state index is 14.1. The van der Waals surface area contributed by atoms with Crippen LogP contribution in [0.2, 0.25) is 0 Å². The molecule has 2 nitrogen and oxygen atoms in total. The minimum atomic E-state index is -5.26. The molecular weight excluding hydrogens is 543 g/mol. The van der Waals surface area contributed by atoms with Gasteiger partial charge in [0.2, 0.25) is 0 Å². The number of fused-ring (bicyclic) bond motifs is 3. The fourth-order valence-corrected chi connectivity index (χ4v) is 5.25. The second-order valence-corrected chi connectivity index (χ2v) is 11.3. The molecule has 0 N–H and O–H groups in total. The van der Waals surface area contributed by atoms with E-state index in [4.69, 9.17) is 19.5 Å². The van der Waals surface area contributed by atoms with Gasteiger partial charge in [0.1, 0.15) is 11.2 Å². The lowest BCUT2D eigenvalue weighted by atomic mass is 9.86. The monoisotopic (exact) mass is 588 g/mol. The van der Waals surface area contributed by atoms with E-state index in [0.29, 0.717) is 10.8 Å². The second kappa shape index (κ2) is 10.7. The first-order valence-electron chi connectivity index (χ1n) is 19.0. The van der Waals surface area contributed by atoms with Crippen LogP contribution in [0.5, 0.6) is 0 Å². The summed E-state index contributed by atoms with van der Waals surface area (Å²) in [5, 5.41) is 0.800. The van der Waals surface area contributed by atoms with Crippen LogP contribution in [-0.4, -0.2) is 11.2 Å². The van der Waals surface area contributed by atoms with Gasteiger partial charge in [0.05, 0.1) is 13.4 Å². The quantitative estimate of drug-likeness (QED) is 0.200. The maximum atomic E-state index is 14.1. The molecule has 0 aliphatic carbocycles. The lowest BCUT2D eigenvalue weighted by Gasteiger charge is -2.19. The molecule has 0 saturated heterocycles. The van der Waals surface area contributed by atoms with Crippen LogP contribution in [0.15, 0.2) is 95.5 Å². The molecule has 0 bridgehead atoms. The molecule has 0 atom stereocenters. The molecule has 0 fully saturated rings. The smallest absolute Gasteiger partial charge is 0.393 e. The molecule has 0 aliphatic heterocycles. The topological polar surface area (TPSA) is 26.0 Å². The van der Waals surface area contributed by atoms with Gasteiger partial charge in [-0.1, -0.05) is 93.5 Å². The normalized spacial score (nSPS) is 17.4. The third-order valence-electron chi connectivity index (χ3n) is 6.92. The summed E-state index contributed by atoms with van der Waals surface area (Å²) in [7, 11) is 0. The Hall–Kier alpha value is -4.38. The van der Waals surface area contributed by atoms with E-state index in [2.05, 4.69) is 4.98 Å². The Balaban J connectivity index is 1.67. The zero-order valence-electron chi connectivity index (χ0n) is 34.6. The van der Waals surface area contributed by atoms with Gasteiger partial charge in [-0.25, -0.2) is 0 Å². The number of alkyl halides is 3. The number of rotatable bonds is 5. The Labute approximate surface area is 265 Å². The van der Waals surface area contributed by atoms with Crippen LogP contribution < -0.4 is 0 Å². The van der Waals surface area contributed by atoms with Gasteiger partial charge in [0, 0.05) is 41.8 Å². The molecule has 43 heavy (non-hydrogen) atoms. The van der Waals surface area contributed by atoms with Crippen molar-refractivity contribution in [3.63, 3.8) is 0 Å². The predicted octanol–water partition coefficient (Wildman–Crippen LogP) is 11.3. The molecule has 0 saturated carbocycles. The van der Waals surface area contributed by atoms with Crippen LogP contribution in [0.3, 0.4) is 0 Å². The highest BCUT2D eigenvalue weighted by molar-refractivity contribution is 6.13. The van der Waals surface area contributed by atoms with E-state index in [1.54, 1.807) is 69.3 Å². The molecule has 2 aromatic heterocycles. The highest BCUT2D eigenvalue weighted by Gasteiger charge is 2.30. The molecule has 6 rings (SSSR count). The number of benzene rings is 4. The summed E-state index contributed by atoms with van der Waals surface area (Å²) in [5.74, 6) is 0. The van der Waals surface area contributed by atoms with Crippen molar-refractivity contribution in [2.24, 2.45) is 5.41 Å². The van der Waals surface area contributed by atoms with Crippen molar-refractivity contribution in [3.05, 3.63) is 113 Å². The summed E-state index contributed by atoms with van der Waals surface area (Å²) >= 11 is 0. The first kappa shape index (κ1) is 18.3. The second-order valence-electron chi connectivity index (χ2n) is 11.3. The van der Waals surface area contributed by atoms with Crippen molar-refractivity contribution in [1.82, 2.24) is 4.98 Å². The van der Waals surface area contributed by atoms with Gasteiger partial charge >= 0.3 is 6.18 Å². The van der Waals surface area contributed by atoms with Crippen LogP contribution >= 0.6 is 0 Å². The Kier molecular flexibility index (Phi) is 4.56. The van der Waals surface area contributed by atoms with E-state index in [-0.39, 0.29) is 55.8 Å². The van der Waals surface area contributed by atoms with Crippen molar-refractivity contribution in [2.45, 2.75) is 53.4 Å².